The van der Waals surface area contributed by atoms with E-state index in [0.29, 0.717) is 25.2 Å². The number of alkyl halides is 3. The van der Waals surface area contributed by atoms with Gasteiger partial charge in [0.1, 0.15) is 0 Å². The summed E-state index contributed by atoms with van der Waals surface area (Å²) in [6.45, 7) is 0.934. The lowest BCUT2D eigenvalue weighted by molar-refractivity contribution is -0.186. The zero-order chi connectivity index (χ0) is 19.3. The second-order valence-corrected chi connectivity index (χ2v) is 6.89. The highest BCUT2D eigenvalue weighted by molar-refractivity contribution is 5.95. The highest BCUT2D eigenvalue weighted by Crippen LogP contribution is 2.33. The molecule has 0 unspecified atom stereocenters. The average molecular weight is 376 g/mol. The molecule has 0 saturated carbocycles. The predicted molar refractivity (Wildman–Crippen MR) is 100 cm³/mol. The molecule has 3 nitrogen and oxygen atoms in total. The highest BCUT2D eigenvalue weighted by atomic mass is 19.4. The highest BCUT2D eigenvalue weighted by Gasteiger charge is 2.41. The number of piperidine rings is 1. The maximum Gasteiger partial charge on any atom is 0.393 e. The van der Waals surface area contributed by atoms with Crippen LogP contribution in [0.4, 0.5) is 18.9 Å². The van der Waals surface area contributed by atoms with E-state index < -0.39 is 12.1 Å². The van der Waals surface area contributed by atoms with Crippen molar-refractivity contribution in [1.82, 2.24) is 4.90 Å². The molecule has 1 atom stereocenters. The molecule has 1 saturated heterocycles. The lowest BCUT2D eigenvalue weighted by atomic mass is 9.97. The minimum absolute atomic E-state index is 0.0165. The van der Waals surface area contributed by atoms with Gasteiger partial charge >= 0.3 is 6.18 Å². The molecule has 0 radical (unpaired) electrons. The summed E-state index contributed by atoms with van der Waals surface area (Å²) in [7, 11) is 0. The summed E-state index contributed by atoms with van der Waals surface area (Å²) >= 11 is 0. The fourth-order valence-corrected chi connectivity index (χ4v) is 3.46. The first kappa shape index (κ1) is 19.4. The number of hydrogen-bond donors (Lipinski definition) is 1. The molecule has 27 heavy (non-hydrogen) atoms. The average Bonchev–Trinajstić information content (AvgIpc) is 2.67. The van der Waals surface area contributed by atoms with Gasteiger partial charge in [0.25, 0.3) is 0 Å². The first-order valence-electron chi connectivity index (χ1n) is 9.17. The van der Waals surface area contributed by atoms with Crippen molar-refractivity contribution in [3.63, 3.8) is 0 Å². The van der Waals surface area contributed by atoms with E-state index in [0.717, 1.165) is 11.1 Å². The molecular formula is C21H23F3N2O. The normalized spacial score (nSPS) is 18.3. The van der Waals surface area contributed by atoms with E-state index in [2.05, 4.69) is 5.32 Å². The quantitative estimate of drug-likeness (QED) is 0.800. The van der Waals surface area contributed by atoms with Gasteiger partial charge in [-0.15, -0.1) is 0 Å². The fraction of sp³-hybridized carbons (Fsp3) is 0.381. The van der Waals surface area contributed by atoms with Crippen LogP contribution >= 0.6 is 0 Å². The van der Waals surface area contributed by atoms with Gasteiger partial charge in [0.15, 0.2) is 0 Å². The van der Waals surface area contributed by atoms with E-state index in [-0.39, 0.29) is 25.3 Å². The van der Waals surface area contributed by atoms with Crippen molar-refractivity contribution >= 4 is 11.6 Å². The van der Waals surface area contributed by atoms with E-state index in [1.807, 2.05) is 54.6 Å². The number of amides is 1. The summed E-state index contributed by atoms with van der Waals surface area (Å²) in [6.07, 6.45) is -3.29. The maximum absolute atomic E-state index is 12.9. The topological polar surface area (TPSA) is 32.3 Å². The Hall–Kier alpha value is -2.34. The molecule has 1 fully saturated rings. The minimum Gasteiger partial charge on any atom is -0.325 e. The van der Waals surface area contributed by atoms with Gasteiger partial charge in [-0.2, -0.15) is 13.2 Å². The van der Waals surface area contributed by atoms with Crippen LogP contribution in [0.3, 0.4) is 0 Å². The Morgan fingerprint density at radius 3 is 2.52 bits per heavy atom. The number of hydrogen-bond acceptors (Lipinski definition) is 2. The van der Waals surface area contributed by atoms with Crippen LogP contribution in [0.25, 0.3) is 11.1 Å². The fourth-order valence-electron chi connectivity index (χ4n) is 3.46. The first-order chi connectivity index (χ1) is 12.9. The Morgan fingerprint density at radius 2 is 1.78 bits per heavy atom. The summed E-state index contributed by atoms with van der Waals surface area (Å²) in [5.41, 5.74) is 2.62. The molecule has 1 N–H and O–H groups in total. The molecule has 6 heteroatoms. The monoisotopic (exact) mass is 376 g/mol. The van der Waals surface area contributed by atoms with Crippen LogP contribution in [0.15, 0.2) is 54.6 Å². The number of benzene rings is 2. The molecule has 1 heterocycles. The Bertz CT molecular complexity index is 762. The molecule has 0 aromatic heterocycles. The number of nitrogens with zero attached hydrogens (tertiary/aromatic N) is 1. The number of halogens is 3. The lowest BCUT2D eigenvalue weighted by Gasteiger charge is -2.33. The van der Waals surface area contributed by atoms with Gasteiger partial charge < -0.3 is 10.2 Å². The molecule has 0 spiro atoms. The summed E-state index contributed by atoms with van der Waals surface area (Å²) in [5, 5.41) is 2.90. The second-order valence-electron chi connectivity index (χ2n) is 6.89. The predicted octanol–water partition coefficient (Wildman–Crippen LogP) is 4.96. The van der Waals surface area contributed by atoms with Gasteiger partial charge in [0.05, 0.1) is 5.92 Å². The number of likely N-dealkylation sites (tertiary alicyclic amines) is 1. The molecule has 2 aromatic carbocycles. The van der Waals surface area contributed by atoms with Crippen molar-refractivity contribution in [3.05, 3.63) is 54.6 Å². The molecule has 1 amide bonds. The molecule has 144 valence electrons. The summed E-state index contributed by atoms with van der Waals surface area (Å²) in [6, 6.07) is 17.3. The third kappa shape index (κ3) is 5.32. The van der Waals surface area contributed by atoms with E-state index in [4.69, 9.17) is 0 Å². The third-order valence-electron chi connectivity index (χ3n) is 4.91. The van der Waals surface area contributed by atoms with E-state index in [1.54, 1.807) is 4.90 Å². The number of carbonyl (C=O) groups excluding carboxylic acids is 1. The number of nitrogens with one attached hydrogen (secondary N) is 1. The summed E-state index contributed by atoms with van der Waals surface area (Å²) in [4.78, 5) is 14.1. The molecule has 1 aliphatic rings. The Kier molecular flexibility index (Phi) is 6.16. The zero-order valence-corrected chi connectivity index (χ0v) is 15.0. The number of anilines is 1. The maximum atomic E-state index is 12.9. The van der Waals surface area contributed by atoms with E-state index in [1.165, 1.54) is 0 Å². The van der Waals surface area contributed by atoms with E-state index >= 15 is 0 Å². The zero-order valence-electron chi connectivity index (χ0n) is 15.0. The molecule has 2 aromatic rings. The Labute approximate surface area is 157 Å². The second kappa shape index (κ2) is 8.57. The van der Waals surface area contributed by atoms with Crippen molar-refractivity contribution in [2.45, 2.75) is 25.4 Å². The smallest absolute Gasteiger partial charge is 0.325 e. The number of rotatable bonds is 5. The van der Waals surface area contributed by atoms with Crippen LogP contribution in [0.1, 0.15) is 19.3 Å². The van der Waals surface area contributed by atoms with Crippen LogP contribution in [0.2, 0.25) is 0 Å². The molecular weight excluding hydrogens is 353 g/mol. The van der Waals surface area contributed by atoms with Gasteiger partial charge in [-0.3, -0.25) is 4.79 Å². The minimum atomic E-state index is -4.16. The van der Waals surface area contributed by atoms with Crippen LogP contribution in [-0.4, -0.2) is 36.6 Å². The van der Waals surface area contributed by atoms with Crippen molar-refractivity contribution in [2.24, 2.45) is 5.92 Å². The van der Waals surface area contributed by atoms with Gasteiger partial charge in [-0.25, -0.2) is 0 Å². The molecule has 1 aliphatic heterocycles. The van der Waals surface area contributed by atoms with Crippen molar-refractivity contribution < 1.29 is 18.0 Å². The van der Waals surface area contributed by atoms with Crippen LogP contribution in [-0.2, 0) is 4.79 Å². The van der Waals surface area contributed by atoms with Gasteiger partial charge in [0, 0.05) is 30.8 Å². The summed E-state index contributed by atoms with van der Waals surface area (Å²) < 4.78 is 38.7. The lowest BCUT2D eigenvalue weighted by Crippen LogP contribution is -2.42. The van der Waals surface area contributed by atoms with Crippen LogP contribution < -0.4 is 5.32 Å². The van der Waals surface area contributed by atoms with Crippen molar-refractivity contribution in [2.75, 3.05) is 25.0 Å². The summed E-state index contributed by atoms with van der Waals surface area (Å²) in [5.74, 6) is -1.47. The standard InChI is InChI=1S/C21H23F3N2O/c22-21(23,24)17-9-6-13-26(15-17)14-12-20(27)25-19-11-5-4-10-18(19)16-7-2-1-3-8-16/h1-5,7-8,10-11,17H,6,9,12-15H2,(H,25,27)/t17-/m0/s1. The molecule has 3 rings (SSSR count). The van der Waals surface area contributed by atoms with Crippen molar-refractivity contribution in [1.29, 1.82) is 0 Å². The van der Waals surface area contributed by atoms with Gasteiger partial charge in [-0.1, -0.05) is 48.5 Å². The van der Waals surface area contributed by atoms with Crippen LogP contribution in [0, 0.1) is 5.92 Å². The number of para-hydroxylation sites is 1. The molecule has 0 bridgehead atoms. The number of carbonyl (C=O) groups is 1. The van der Waals surface area contributed by atoms with Crippen LogP contribution in [0.5, 0.6) is 0 Å². The first-order valence-corrected chi connectivity index (χ1v) is 9.17. The molecule has 0 aliphatic carbocycles. The Morgan fingerprint density at radius 1 is 1.07 bits per heavy atom. The van der Waals surface area contributed by atoms with Crippen molar-refractivity contribution in [3.8, 4) is 11.1 Å². The van der Waals surface area contributed by atoms with E-state index in [9.17, 15) is 18.0 Å². The third-order valence-corrected chi connectivity index (χ3v) is 4.91. The van der Waals surface area contributed by atoms with Gasteiger partial charge in [-0.05, 0) is 31.0 Å². The SMILES string of the molecule is O=C(CCN1CCC[C@H](C(F)(F)F)C1)Nc1ccccc1-c1ccccc1. The largest absolute Gasteiger partial charge is 0.393 e. The Balaban J connectivity index is 1.58. The van der Waals surface area contributed by atoms with Gasteiger partial charge in [0.2, 0.25) is 5.91 Å².